The van der Waals surface area contributed by atoms with Gasteiger partial charge in [-0.2, -0.15) is 0 Å². The second kappa shape index (κ2) is 12.2. The van der Waals surface area contributed by atoms with E-state index < -0.39 is 0 Å². The van der Waals surface area contributed by atoms with Crippen molar-refractivity contribution in [2.45, 2.75) is 13.0 Å². The van der Waals surface area contributed by atoms with Gasteiger partial charge in [0.25, 0.3) is 0 Å². The van der Waals surface area contributed by atoms with Crippen molar-refractivity contribution in [1.29, 1.82) is 0 Å². The first-order chi connectivity index (χ1) is 14.5. The van der Waals surface area contributed by atoms with Gasteiger partial charge in [0.15, 0.2) is 0 Å². The van der Waals surface area contributed by atoms with Crippen molar-refractivity contribution in [3.8, 4) is 0 Å². The topological polar surface area (TPSA) is 109 Å². The van der Waals surface area contributed by atoms with E-state index in [4.69, 9.17) is 4.74 Å². The summed E-state index contributed by atoms with van der Waals surface area (Å²) < 4.78 is 17.9. The monoisotopic (exact) mass is 416 g/mol. The molecule has 0 aliphatic rings. The van der Waals surface area contributed by atoms with Gasteiger partial charge in [-0.3, -0.25) is 9.59 Å². The fourth-order valence-electron chi connectivity index (χ4n) is 2.60. The number of anilines is 1. The zero-order valence-corrected chi connectivity index (χ0v) is 16.7. The number of rotatable bonds is 10. The predicted octanol–water partition coefficient (Wildman–Crippen LogP) is 1.57. The van der Waals surface area contributed by atoms with E-state index in [9.17, 15) is 18.8 Å². The maximum atomic E-state index is 13.1. The molecule has 0 aromatic heterocycles. The van der Waals surface area contributed by atoms with Gasteiger partial charge in [-0.25, -0.2) is 9.18 Å². The van der Waals surface area contributed by atoms with Crippen LogP contribution >= 0.6 is 0 Å². The van der Waals surface area contributed by atoms with E-state index in [0.29, 0.717) is 11.3 Å². The van der Waals surface area contributed by atoms with E-state index >= 15 is 0 Å². The summed E-state index contributed by atoms with van der Waals surface area (Å²) in [7, 11) is 1.44. The molecule has 0 radical (unpaired) electrons. The molecule has 0 atom stereocenters. The Kier molecular flexibility index (Phi) is 9.26. The Balaban J connectivity index is 1.64. The lowest BCUT2D eigenvalue weighted by Gasteiger charge is -2.10. The molecular weight excluding hydrogens is 391 g/mol. The SMILES string of the molecule is COCC(=O)Nc1cccc(CNC(=O)NCCNC(=O)Cc2cccc(F)c2)c1. The highest BCUT2D eigenvalue weighted by Crippen LogP contribution is 2.10. The number of hydrogen-bond donors (Lipinski definition) is 4. The average molecular weight is 416 g/mol. The van der Waals surface area contributed by atoms with E-state index in [0.717, 1.165) is 5.56 Å². The van der Waals surface area contributed by atoms with Gasteiger partial charge in [0, 0.05) is 32.4 Å². The number of nitrogens with one attached hydrogen (secondary N) is 4. The first-order valence-electron chi connectivity index (χ1n) is 9.37. The lowest BCUT2D eigenvalue weighted by Crippen LogP contribution is -2.40. The summed E-state index contributed by atoms with van der Waals surface area (Å²) >= 11 is 0. The van der Waals surface area contributed by atoms with Crippen LogP contribution in [-0.4, -0.2) is 44.7 Å². The summed E-state index contributed by atoms with van der Waals surface area (Å²) in [6.07, 6.45) is 0.0707. The minimum Gasteiger partial charge on any atom is -0.375 e. The van der Waals surface area contributed by atoms with Crippen molar-refractivity contribution >= 4 is 23.5 Å². The van der Waals surface area contributed by atoms with Crippen LogP contribution in [0.3, 0.4) is 0 Å². The van der Waals surface area contributed by atoms with Crippen molar-refractivity contribution in [2.75, 3.05) is 32.1 Å². The highest BCUT2D eigenvalue weighted by Gasteiger charge is 2.06. The molecule has 9 heteroatoms. The van der Waals surface area contributed by atoms with Gasteiger partial charge in [0.05, 0.1) is 6.42 Å². The number of carbonyl (C=O) groups excluding carboxylic acids is 3. The Morgan fingerprint density at radius 3 is 2.40 bits per heavy atom. The minimum absolute atomic E-state index is 0.0380. The molecule has 0 aliphatic carbocycles. The zero-order chi connectivity index (χ0) is 21.8. The molecule has 30 heavy (non-hydrogen) atoms. The van der Waals surface area contributed by atoms with Crippen molar-refractivity contribution < 1.29 is 23.5 Å². The fraction of sp³-hybridized carbons (Fsp3) is 0.286. The van der Waals surface area contributed by atoms with E-state index in [1.54, 1.807) is 30.3 Å². The average Bonchev–Trinajstić information content (AvgIpc) is 2.70. The lowest BCUT2D eigenvalue weighted by molar-refractivity contribution is -0.120. The standard InChI is InChI=1S/C21H25FN4O4/c1-30-14-20(28)26-18-7-3-5-16(11-18)13-25-21(29)24-9-8-23-19(27)12-15-4-2-6-17(22)10-15/h2-7,10-11H,8-9,12-14H2,1H3,(H,23,27)(H,26,28)(H2,24,25,29). The van der Waals surface area contributed by atoms with Gasteiger partial charge in [0.1, 0.15) is 12.4 Å². The van der Waals surface area contributed by atoms with Crippen LogP contribution in [0.15, 0.2) is 48.5 Å². The van der Waals surface area contributed by atoms with Gasteiger partial charge in [0.2, 0.25) is 11.8 Å². The summed E-state index contributed by atoms with van der Waals surface area (Å²) in [5, 5.41) is 10.7. The molecule has 2 rings (SSSR count). The van der Waals surface area contributed by atoms with Crippen LogP contribution in [0.25, 0.3) is 0 Å². The Morgan fingerprint density at radius 1 is 0.900 bits per heavy atom. The van der Waals surface area contributed by atoms with E-state index in [2.05, 4.69) is 21.3 Å². The number of methoxy groups -OCH3 is 1. The Bertz CT molecular complexity index is 876. The van der Waals surface area contributed by atoms with Crippen LogP contribution in [-0.2, 0) is 27.3 Å². The number of halogens is 1. The molecule has 0 unspecified atom stereocenters. The summed E-state index contributed by atoms with van der Waals surface area (Å²) in [6.45, 7) is 0.728. The highest BCUT2D eigenvalue weighted by atomic mass is 19.1. The minimum atomic E-state index is -0.387. The fourth-order valence-corrected chi connectivity index (χ4v) is 2.60. The largest absolute Gasteiger partial charge is 0.375 e. The molecule has 0 heterocycles. The van der Waals surface area contributed by atoms with Gasteiger partial charge in [-0.05, 0) is 35.4 Å². The molecule has 0 aliphatic heterocycles. The molecule has 0 saturated heterocycles. The number of benzene rings is 2. The second-order valence-corrected chi connectivity index (χ2v) is 6.45. The number of urea groups is 1. The van der Waals surface area contributed by atoms with Crippen molar-refractivity contribution in [2.24, 2.45) is 0 Å². The Morgan fingerprint density at radius 2 is 1.63 bits per heavy atom. The normalized spacial score (nSPS) is 10.2. The maximum absolute atomic E-state index is 13.1. The van der Waals surface area contributed by atoms with Gasteiger partial charge >= 0.3 is 6.03 Å². The highest BCUT2D eigenvalue weighted by molar-refractivity contribution is 5.91. The summed E-state index contributed by atoms with van der Waals surface area (Å²) in [6, 6.07) is 12.5. The molecule has 160 valence electrons. The molecule has 8 nitrogen and oxygen atoms in total. The van der Waals surface area contributed by atoms with Crippen LogP contribution in [0.4, 0.5) is 14.9 Å². The summed E-state index contributed by atoms with van der Waals surface area (Å²) in [5.74, 6) is -0.906. The molecule has 0 spiro atoms. The quantitative estimate of drug-likeness (QED) is 0.441. The van der Waals surface area contributed by atoms with E-state index in [1.807, 2.05) is 6.07 Å². The molecule has 4 N–H and O–H groups in total. The van der Waals surface area contributed by atoms with Gasteiger partial charge in [-0.15, -0.1) is 0 Å². The molecule has 4 amide bonds. The van der Waals surface area contributed by atoms with Gasteiger partial charge < -0.3 is 26.0 Å². The molecule has 0 fully saturated rings. The van der Waals surface area contributed by atoms with Crippen LogP contribution in [0.2, 0.25) is 0 Å². The number of carbonyl (C=O) groups is 3. The molecule has 0 saturated carbocycles. The van der Waals surface area contributed by atoms with Crippen molar-refractivity contribution in [1.82, 2.24) is 16.0 Å². The Labute approximate surface area is 174 Å². The van der Waals surface area contributed by atoms with Crippen LogP contribution in [0, 0.1) is 5.82 Å². The van der Waals surface area contributed by atoms with Gasteiger partial charge in [-0.1, -0.05) is 24.3 Å². The molecule has 0 bridgehead atoms. The first kappa shape index (κ1) is 22.8. The first-order valence-corrected chi connectivity index (χ1v) is 9.37. The summed E-state index contributed by atoms with van der Waals surface area (Å²) in [4.78, 5) is 35.2. The summed E-state index contributed by atoms with van der Waals surface area (Å²) in [5.41, 5.74) is 2.00. The third-order valence-corrected chi connectivity index (χ3v) is 3.93. The number of ether oxygens (including phenoxy) is 1. The molecular formula is C21H25FN4O4. The van der Waals surface area contributed by atoms with Crippen molar-refractivity contribution in [3.05, 3.63) is 65.5 Å². The predicted molar refractivity (Wildman–Crippen MR) is 110 cm³/mol. The van der Waals surface area contributed by atoms with Crippen LogP contribution in [0.5, 0.6) is 0 Å². The van der Waals surface area contributed by atoms with Crippen molar-refractivity contribution in [3.63, 3.8) is 0 Å². The zero-order valence-electron chi connectivity index (χ0n) is 16.7. The van der Waals surface area contributed by atoms with Crippen LogP contribution < -0.4 is 21.3 Å². The Hall–Kier alpha value is -3.46. The second-order valence-electron chi connectivity index (χ2n) is 6.45. The molecule has 2 aromatic carbocycles. The van der Waals surface area contributed by atoms with E-state index in [1.165, 1.54) is 19.2 Å². The van der Waals surface area contributed by atoms with Crippen LogP contribution in [0.1, 0.15) is 11.1 Å². The number of hydrogen-bond acceptors (Lipinski definition) is 4. The lowest BCUT2D eigenvalue weighted by atomic mass is 10.1. The third-order valence-electron chi connectivity index (χ3n) is 3.93. The third kappa shape index (κ3) is 8.70. The number of amides is 4. The molecule has 2 aromatic rings. The van der Waals surface area contributed by atoms with E-state index in [-0.39, 0.29) is 56.3 Å². The maximum Gasteiger partial charge on any atom is 0.315 e. The smallest absolute Gasteiger partial charge is 0.315 e.